The normalized spacial score (nSPS) is 14.5. The number of benzene rings is 2. The number of aliphatic carboxylic acids is 1. The fraction of sp³-hybridized carbons (Fsp3) is 0.318. The maximum atomic E-state index is 12.7. The molecule has 29 heavy (non-hydrogen) atoms. The molecule has 2 aromatic rings. The molecule has 2 N–H and O–H groups in total. The second-order valence-electron chi connectivity index (χ2n) is 7.88. The first-order chi connectivity index (χ1) is 13.6. The van der Waals surface area contributed by atoms with Gasteiger partial charge < -0.3 is 19.8 Å². The molecule has 0 fully saturated rings. The fourth-order valence-electron chi connectivity index (χ4n) is 3.31. The van der Waals surface area contributed by atoms with Gasteiger partial charge in [-0.15, -0.1) is 0 Å². The molecule has 0 bridgehead atoms. The number of hydrogen-bond donors (Lipinski definition) is 2. The third-order valence-electron chi connectivity index (χ3n) is 4.66. The topological polar surface area (TPSA) is 104 Å². The SMILES string of the molecule is CC(C)(C)OC(=O)c1ccc(-c2cccc3c2CN([C@@H](CO)C(=O)O)C3=O)cc1. The molecule has 0 aromatic heterocycles. The third-order valence-corrected chi connectivity index (χ3v) is 4.66. The minimum absolute atomic E-state index is 0.0929. The van der Waals surface area contributed by atoms with Crippen LogP contribution in [-0.4, -0.2) is 51.2 Å². The van der Waals surface area contributed by atoms with Crippen LogP contribution in [0.4, 0.5) is 0 Å². The largest absolute Gasteiger partial charge is 0.480 e. The van der Waals surface area contributed by atoms with Crippen molar-refractivity contribution in [2.45, 2.75) is 39.0 Å². The van der Waals surface area contributed by atoms with Crippen LogP contribution < -0.4 is 0 Å². The van der Waals surface area contributed by atoms with Crippen LogP contribution in [0.2, 0.25) is 0 Å². The quantitative estimate of drug-likeness (QED) is 0.752. The zero-order valence-corrected chi connectivity index (χ0v) is 16.5. The molecule has 0 spiro atoms. The van der Waals surface area contributed by atoms with Gasteiger partial charge >= 0.3 is 11.9 Å². The summed E-state index contributed by atoms with van der Waals surface area (Å²) in [6.07, 6.45) is 0. The van der Waals surface area contributed by atoms with Crippen molar-refractivity contribution in [2.75, 3.05) is 6.61 Å². The molecule has 0 saturated heterocycles. The lowest BCUT2D eigenvalue weighted by atomic mass is 9.96. The number of nitrogens with zero attached hydrogens (tertiary/aromatic N) is 1. The van der Waals surface area contributed by atoms with E-state index in [0.29, 0.717) is 16.7 Å². The first kappa shape index (κ1) is 20.5. The molecule has 7 nitrogen and oxygen atoms in total. The number of carboxylic acid groups (broad SMARTS) is 1. The number of aliphatic hydroxyl groups is 1. The highest BCUT2D eigenvalue weighted by Gasteiger charge is 2.37. The van der Waals surface area contributed by atoms with E-state index in [2.05, 4.69) is 0 Å². The Morgan fingerprint density at radius 3 is 2.28 bits per heavy atom. The number of carbonyl (C=O) groups excluding carboxylic acids is 2. The Hall–Kier alpha value is -3.19. The van der Waals surface area contributed by atoms with E-state index < -0.39 is 36.1 Å². The Labute approximate surface area is 168 Å². The number of rotatable bonds is 5. The summed E-state index contributed by atoms with van der Waals surface area (Å²) in [5.41, 5.74) is 2.50. The standard InChI is InChI=1S/C22H23NO6/c1-22(2,3)29-21(28)14-9-7-13(8-10-14)15-5-4-6-16-17(15)11-23(19(16)25)18(12-24)20(26)27/h4-10,18,24H,11-12H2,1-3H3,(H,26,27)/t18-/m0/s1. The summed E-state index contributed by atoms with van der Waals surface area (Å²) < 4.78 is 5.36. The van der Waals surface area contributed by atoms with Gasteiger partial charge in [-0.05, 0) is 55.7 Å². The van der Waals surface area contributed by atoms with Gasteiger partial charge in [0, 0.05) is 12.1 Å². The monoisotopic (exact) mass is 397 g/mol. The second-order valence-corrected chi connectivity index (χ2v) is 7.88. The fourth-order valence-corrected chi connectivity index (χ4v) is 3.31. The van der Waals surface area contributed by atoms with Crippen molar-refractivity contribution in [2.24, 2.45) is 0 Å². The average Bonchev–Trinajstić information content (AvgIpc) is 2.98. The van der Waals surface area contributed by atoms with Crippen LogP contribution in [0.1, 0.15) is 47.1 Å². The molecule has 2 aromatic carbocycles. The maximum Gasteiger partial charge on any atom is 0.338 e. The lowest BCUT2D eigenvalue weighted by molar-refractivity contribution is -0.143. The molecule has 1 aliphatic heterocycles. The van der Waals surface area contributed by atoms with Gasteiger partial charge in [0.15, 0.2) is 6.04 Å². The van der Waals surface area contributed by atoms with E-state index in [1.807, 2.05) is 6.07 Å². The number of carboxylic acids is 1. The minimum Gasteiger partial charge on any atom is -0.480 e. The lowest BCUT2D eigenvalue weighted by Crippen LogP contribution is -2.43. The Kier molecular flexibility index (Phi) is 5.44. The lowest BCUT2D eigenvalue weighted by Gasteiger charge is -2.22. The number of carbonyl (C=O) groups is 3. The molecule has 1 amide bonds. The first-order valence-electron chi connectivity index (χ1n) is 9.22. The van der Waals surface area contributed by atoms with E-state index in [1.54, 1.807) is 57.2 Å². The third kappa shape index (κ3) is 4.14. The van der Waals surface area contributed by atoms with Crippen LogP contribution in [0.3, 0.4) is 0 Å². The Balaban J connectivity index is 1.91. The van der Waals surface area contributed by atoms with Crippen LogP contribution >= 0.6 is 0 Å². The molecule has 152 valence electrons. The molecule has 0 saturated carbocycles. The highest BCUT2D eigenvalue weighted by atomic mass is 16.6. The zero-order valence-electron chi connectivity index (χ0n) is 16.5. The van der Waals surface area contributed by atoms with Gasteiger partial charge in [0.1, 0.15) is 5.60 Å². The minimum atomic E-state index is -1.29. The number of ether oxygens (including phenoxy) is 1. The Morgan fingerprint density at radius 2 is 1.72 bits per heavy atom. The van der Waals surface area contributed by atoms with Gasteiger partial charge in [0.05, 0.1) is 12.2 Å². The smallest absolute Gasteiger partial charge is 0.338 e. The van der Waals surface area contributed by atoms with Crippen LogP contribution in [0.25, 0.3) is 11.1 Å². The van der Waals surface area contributed by atoms with Gasteiger partial charge in [-0.2, -0.15) is 0 Å². The summed E-state index contributed by atoms with van der Waals surface area (Å²) in [5.74, 6) is -2.10. The van der Waals surface area contributed by atoms with Crippen molar-refractivity contribution < 1.29 is 29.3 Å². The summed E-state index contributed by atoms with van der Waals surface area (Å²) in [7, 11) is 0. The Bertz CT molecular complexity index is 958. The number of hydrogen-bond acceptors (Lipinski definition) is 5. The molecule has 0 aliphatic carbocycles. The number of esters is 1. The van der Waals surface area contributed by atoms with E-state index in [0.717, 1.165) is 16.0 Å². The molecule has 0 radical (unpaired) electrons. The van der Waals surface area contributed by atoms with Gasteiger partial charge in [0.2, 0.25) is 0 Å². The maximum absolute atomic E-state index is 12.7. The van der Waals surface area contributed by atoms with Gasteiger partial charge in [-0.25, -0.2) is 9.59 Å². The molecular formula is C22H23NO6. The van der Waals surface area contributed by atoms with Crippen molar-refractivity contribution >= 4 is 17.8 Å². The van der Waals surface area contributed by atoms with Crippen molar-refractivity contribution in [1.29, 1.82) is 0 Å². The summed E-state index contributed by atoms with van der Waals surface area (Å²) in [6, 6.07) is 10.8. The molecule has 3 rings (SSSR count). The van der Waals surface area contributed by atoms with Crippen molar-refractivity contribution in [3.05, 3.63) is 59.2 Å². The number of fused-ring (bicyclic) bond motifs is 1. The van der Waals surface area contributed by atoms with Crippen molar-refractivity contribution in [3.63, 3.8) is 0 Å². The predicted molar refractivity (Wildman–Crippen MR) is 105 cm³/mol. The Morgan fingerprint density at radius 1 is 1.10 bits per heavy atom. The molecule has 1 heterocycles. The molecule has 7 heteroatoms. The van der Waals surface area contributed by atoms with Crippen molar-refractivity contribution in [3.8, 4) is 11.1 Å². The summed E-state index contributed by atoms with van der Waals surface area (Å²) >= 11 is 0. The molecule has 1 aliphatic rings. The highest BCUT2D eigenvalue weighted by molar-refractivity contribution is 6.02. The zero-order chi connectivity index (χ0) is 21.3. The van der Waals surface area contributed by atoms with Crippen LogP contribution in [0, 0.1) is 0 Å². The summed E-state index contributed by atoms with van der Waals surface area (Å²) in [5, 5.41) is 18.7. The van der Waals surface area contributed by atoms with Crippen LogP contribution in [-0.2, 0) is 16.1 Å². The van der Waals surface area contributed by atoms with Gasteiger partial charge in [0.25, 0.3) is 5.91 Å². The summed E-state index contributed by atoms with van der Waals surface area (Å²) in [6.45, 7) is 4.83. The van der Waals surface area contributed by atoms with Gasteiger partial charge in [-0.1, -0.05) is 24.3 Å². The average molecular weight is 397 g/mol. The van der Waals surface area contributed by atoms with E-state index in [1.165, 1.54) is 0 Å². The van der Waals surface area contributed by atoms with E-state index >= 15 is 0 Å². The van der Waals surface area contributed by atoms with Gasteiger partial charge in [-0.3, -0.25) is 4.79 Å². The van der Waals surface area contributed by atoms with E-state index in [4.69, 9.17) is 4.74 Å². The van der Waals surface area contributed by atoms with E-state index in [9.17, 15) is 24.6 Å². The number of aliphatic hydroxyl groups excluding tert-OH is 1. The number of amides is 1. The molecular weight excluding hydrogens is 374 g/mol. The molecule has 1 atom stereocenters. The highest BCUT2D eigenvalue weighted by Crippen LogP contribution is 2.34. The predicted octanol–water partition coefficient (Wildman–Crippen LogP) is 2.71. The van der Waals surface area contributed by atoms with E-state index in [-0.39, 0.29) is 6.54 Å². The second kappa shape index (κ2) is 7.67. The van der Waals surface area contributed by atoms with Crippen LogP contribution in [0.15, 0.2) is 42.5 Å². The first-order valence-corrected chi connectivity index (χ1v) is 9.22. The van der Waals surface area contributed by atoms with Crippen molar-refractivity contribution in [1.82, 2.24) is 4.90 Å². The summed E-state index contributed by atoms with van der Waals surface area (Å²) in [4.78, 5) is 37.4. The molecule has 0 unspecified atom stereocenters. The van der Waals surface area contributed by atoms with Crippen LogP contribution in [0.5, 0.6) is 0 Å².